The van der Waals surface area contributed by atoms with Crippen molar-refractivity contribution in [2.24, 2.45) is 11.7 Å². The number of likely N-dealkylation sites (tertiary alicyclic amines) is 1. The van der Waals surface area contributed by atoms with E-state index in [4.69, 9.17) is 17.3 Å². The Morgan fingerprint density at radius 1 is 1.10 bits per heavy atom. The minimum atomic E-state index is -0.571. The van der Waals surface area contributed by atoms with Gasteiger partial charge in [-0.3, -0.25) is 9.59 Å². The first-order valence-electron chi connectivity index (χ1n) is 11.0. The number of carbonyl (C=O) groups excluding carboxylic acids is 2. The Morgan fingerprint density at radius 2 is 1.76 bits per heavy atom. The summed E-state index contributed by atoms with van der Waals surface area (Å²) in [6.45, 7) is 5.21. The Balaban J connectivity index is 1.63. The molecule has 6 heteroatoms. The number of carbonyl (C=O) groups is 2. The Kier molecular flexibility index (Phi) is 7.58. The summed E-state index contributed by atoms with van der Waals surface area (Å²) >= 11 is 5.93. The first kappa shape index (κ1) is 22.1. The number of halogens is 1. The number of rotatable bonds is 6. The van der Waals surface area contributed by atoms with Crippen molar-refractivity contribution >= 4 is 23.4 Å². The molecule has 0 unspecified atom stereocenters. The fourth-order valence-corrected chi connectivity index (χ4v) is 4.81. The van der Waals surface area contributed by atoms with Gasteiger partial charge in [0.05, 0.1) is 12.1 Å². The third kappa shape index (κ3) is 5.52. The van der Waals surface area contributed by atoms with Crippen molar-refractivity contribution in [3.8, 4) is 0 Å². The van der Waals surface area contributed by atoms with Gasteiger partial charge in [-0.25, -0.2) is 0 Å². The van der Waals surface area contributed by atoms with Crippen molar-refractivity contribution in [1.29, 1.82) is 0 Å². The van der Waals surface area contributed by atoms with Crippen molar-refractivity contribution in [1.82, 2.24) is 9.80 Å². The lowest BCUT2D eigenvalue weighted by Gasteiger charge is -2.39. The molecule has 1 saturated heterocycles. The number of hydrogen-bond acceptors (Lipinski definition) is 3. The Labute approximate surface area is 179 Å². The summed E-state index contributed by atoms with van der Waals surface area (Å²) in [5.41, 5.74) is 7.24. The average molecular weight is 420 g/mol. The van der Waals surface area contributed by atoms with Gasteiger partial charge in [-0.05, 0) is 43.4 Å². The quantitative estimate of drug-likeness (QED) is 0.765. The summed E-state index contributed by atoms with van der Waals surface area (Å²) < 4.78 is 0. The van der Waals surface area contributed by atoms with Crippen LogP contribution in [0.15, 0.2) is 24.3 Å². The summed E-state index contributed by atoms with van der Waals surface area (Å²) in [4.78, 5) is 29.9. The lowest BCUT2D eigenvalue weighted by molar-refractivity contribution is -0.141. The van der Waals surface area contributed by atoms with Crippen LogP contribution in [0.25, 0.3) is 0 Å². The second kappa shape index (κ2) is 9.94. The van der Waals surface area contributed by atoms with Gasteiger partial charge >= 0.3 is 0 Å². The van der Waals surface area contributed by atoms with Gasteiger partial charge in [0.2, 0.25) is 11.8 Å². The molecular weight excluding hydrogens is 386 g/mol. The molecule has 1 aliphatic heterocycles. The fourth-order valence-electron chi connectivity index (χ4n) is 4.68. The van der Waals surface area contributed by atoms with Crippen LogP contribution in [0, 0.1) is 5.92 Å². The fraction of sp³-hybridized carbons (Fsp3) is 0.652. The normalized spacial score (nSPS) is 21.4. The molecule has 0 spiro atoms. The maximum absolute atomic E-state index is 13.0. The van der Waals surface area contributed by atoms with E-state index >= 15 is 0 Å². The molecule has 2 fully saturated rings. The van der Waals surface area contributed by atoms with Crippen molar-refractivity contribution < 1.29 is 9.59 Å². The van der Waals surface area contributed by atoms with Crippen LogP contribution in [-0.4, -0.2) is 52.8 Å². The van der Waals surface area contributed by atoms with Gasteiger partial charge in [0.1, 0.15) is 0 Å². The monoisotopic (exact) mass is 419 g/mol. The van der Waals surface area contributed by atoms with Crippen LogP contribution in [-0.2, 0) is 16.0 Å². The molecule has 2 atom stereocenters. The van der Waals surface area contributed by atoms with E-state index in [-0.39, 0.29) is 23.8 Å². The number of nitrogens with two attached hydrogens (primary N) is 1. The zero-order chi connectivity index (χ0) is 21.0. The molecule has 2 N–H and O–H groups in total. The smallest absolute Gasteiger partial charge is 0.239 e. The van der Waals surface area contributed by atoms with Crippen molar-refractivity contribution in [2.75, 3.05) is 13.1 Å². The van der Waals surface area contributed by atoms with Crippen LogP contribution >= 0.6 is 11.6 Å². The molecule has 29 heavy (non-hydrogen) atoms. The SMILES string of the molecule is CC(C)C(=O)N(C1CCCCC1)[C@H]1CCN(C(=O)[C@H](N)Cc2ccc(Cl)cc2)C1. The summed E-state index contributed by atoms with van der Waals surface area (Å²) in [6.07, 6.45) is 7.14. The van der Waals surface area contributed by atoms with Gasteiger partial charge in [-0.15, -0.1) is 0 Å². The van der Waals surface area contributed by atoms with E-state index in [0.29, 0.717) is 30.6 Å². The minimum Gasteiger partial charge on any atom is -0.339 e. The summed E-state index contributed by atoms with van der Waals surface area (Å²) in [6, 6.07) is 7.32. The Hall–Kier alpha value is -1.59. The van der Waals surface area contributed by atoms with E-state index in [2.05, 4.69) is 4.90 Å². The standard InChI is InChI=1S/C23H34ClN3O2/c1-16(2)22(28)27(19-6-4-3-5-7-19)20-12-13-26(15-20)23(29)21(25)14-17-8-10-18(24)11-9-17/h8-11,16,19-21H,3-7,12-15,25H2,1-2H3/t20-,21+/m0/s1. The summed E-state index contributed by atoms with van der Waals surface area (Å²) in [5, 5.41) is 0.675. The van der Waals surface area contributed by atoms with Gasteiger partial charge in [0.25, 0.3) is 0 Å². The largest absolute Gasteiger partial charge is 0.339 e. The van der Waals surface area contributed by atoms with Crippen LogP contribution in [0.2, 0.25) is 5.02 Å². The number of nitrogens with zero attached hydrogens (tertiary/aromatic N) is 2. The molecule has 0 bridgehead atoms. The zero-order valence-electron chi connectivity index (χ0n) is 17.6. The van der Waals surface area contributed by atoms with Crippen molar-refractivity contribution in [3.63, 3.8) is 0 Å². The van der Waals surface area contributed by atoms with Gasteiger partial charge in [0, 0.05) is 30.1 Å². The molecule has 160 valence electrons. The van der Waals surface area contributed by atoms with E-state index in [9.17, 15) is 9.59 Å². The number of hydrogen-bond donors (Lipinski definition) is 1. The van der Waals surface area contributed by atoms with E-state index in [1.54, 1.807) is 0 Å². The van der Waals surface area contributed by atoms with Crippen LogP contribution in [0.4, 0.5) is 0 Å². The lowest BCUT2D eigenvalue weighted by atomic mass is 9.92. The van der Waals surface area contributed by atoms with E-state index in [1.807, 2.05) is 43.0 Å². The highest BCUT2D eigenvalue weighted by atomic mass is 35.5. The molecule has 1 aliphatic carbocycles. The number of amides is 2. The molecule has 1 aromatic carbocycles. The summed E-state index contributed by atoms with van der Waals surface area (Å²) in [7, 11) is 0. The third-order valence-electron chi connectivity index (χ3n) is 6.27. The molecule has 2 aliphatic rings. The second-order valence-electron chi connectivity index (χ2n) is 8.86. The highest BCUT2D eigenvalue weighted by Crippen LogP contribution is 2.29. The molecule has 0 aromatic heterocycles. The molecule has 0 radical (unpaired) electrons. The Morgan fingerprint density at radius 3 is 2.38 bits per heavy atom. The molecule has 3 rings (SSSR count). The lowest BCUT2D eigenvalue weighted by Crippen LogP contribution is -2.51. The van der Waals surface area contributed by atoms with Crippen LogP contribution in [0.5, 0.6) is 0 Å². The summed E-state index contributed by atoms with van der Waals surface area (Å²) in [5.74, 6) is 0.179. The molecule has 2 amide bonds. The number of benzene rings is 1. The predicted octanol–water partition coefficient (Wildman–Crippen LogP) is 3.63. The van der Waals surface area contributed by atoms with Crippen LogP contribution in [0.1, 0.15) is 57.9 Å². The van der Waals surface area contributed by atoms with Crippen LogP contribution in [0.3, 0.4) is 0 Å². The van der Waals surface area contributed by atoms with E-state index in [0.717, 1.165) is 24.8 Å². The molecule has 5 nitrogen and oxygen atoms in total. The maximum Gasteiger partial charge on any atom is 0.239 e. The third-order valence-corrected chi connectivity index (χ3v) is 6.52. The van der Waals surface area contributed by atoms with Gasteiger partial charge in [-0.2, -0.15) is 0 Å². The second-order valence-corrected chi connectivity index (χ2v) is 9.29. The zero-order valence-corrected chi connectivity index (χ0v) is 18.4. The Bertz CT molecular complexity index is 701. The van der Waals surface area contributed by atoms with Crippen molar-refractivity contribution in [3.05, 3.63) is 34.9 Å². The minimum absolute atomic E-state index is 0.0196. The van der Waals surface area contributed by atoms with E-state index < -0.39 is 6.04 Å². The van der Waals surface area contributed by atoms with Crippen molar-refractivity contribution in [2.45, 2.75) is 76.9 Å². The highest BCUT2D eigenvalue weighted by Gasteiger charge is 2.38. The highest BCUT2D eigenvalue weighted by molar-refractivity contribution is 6.30. The van der Waals surface area contributed by atoms with Gasteiger partial charge in [-0.1, -0.05) is 56.8 Å². The predicted molar refractivity (Wildman–Crippen MR) is 117 cm³/mol. The average Bonchev–Trinajstić information content (AvgIpc) is 3.19. The molecular formula is C23H34ClN3O2. The van der Waals surface area contributed by atoms with Gasteiger partial charge in [0.15, 0.2) is 0 Å². The molecule has 1 aromatic rings. The maximum atomic E-state index is 13.0. The molecule has 1 heterocycles. The first-order chi connectivity index (χ1) is 13.9. The first-order valence-corrected chi connectivity index (χ1v) is 11.4. The van der Waals surface area contributed by atoms with E-state index in [1.165, 1.54) is 19.3 Å². The van der Waals surface area contributed by atoms with Gasteiger partial charge < -0.3 is 15.5 Å². The topological polar surface area (TPSA) is 66.6 Å². The molecule has 1 saturated carbocycles. The van der Waals surface area contributed by atoms with Crippen LogP contribution < -0.4 is 5.73 Å².